The molecule has 2 atom stereocenters. The second-order valence-corrected chi connectivity index (χ2v) is 7.15. The number of hydrogen-bond acceptors (Lipinski definition) is 6. The molecular formula is C21H27N3O5. The zero-order valence-electron chi connectivity index (χ0n) is 16.8. The predicted octanol–water partition coefficient (Wildman–Crippen LogP) is 1.74. The van der Waals surface area contributed by atoms with Crippen LogP contribution in [0, 0.1) is 5.92 Å². The number of benzene rings is 1. The first-order chi connectivity index (χ1) is 14.0. The van der Waals surface area contributed by atoms with Crippen molar-refractivity contribution in [2.24, 2.45) is 5.92 Å². The first kappa shape index (κ1) is 20.9. The number of nitrogens with one attached hydrogen (secondary N) is 2. The molecule has 0 radical (unpaired) electrons. The van der Waals surface area contributed by atoms with E-state index in [1.165, 1.54) is 7.11 Å². The molecule has 0 bridgehead atoms. The molecule has 0 saturated carbocycles. The Morgan fingerprint density at radius 1 is 1.24 bits per heavy atom. The highest BCUT2D eigenvalue weighted by Crippen LogP contribution is 2.28. The number of carbonyl (C=O) groups excluding carboxylic acids is 3. The summed E-state index contributed by atoms with van der Waals surface area (Å²) in [5, 5.41) is 5.58. The van der Waals surface area contributed by atoms with Crippen LogP contribution in [0.2, 0.25) is 0 Å². The Labute approximate surface area is 170 Å². The van der Waals surface area contributed by atoms with Crippen LogP contribution in [-0.4, -0.2) is 56.2 Å². The molecule has 0 aliphatic carbocycles. The number of piperidine rings is 1. The van der Waals surface area contributed by atoms with Crippen LogP contribution >= 0.6 is 0 Å². The lowest BCUT2D eigenvalue weighted by atomic mass is 9.94. The monoisotopic (exact) mass is 401 g/mol. The highest BCUT2D eigenvalue weighted by Gasteiger charge is 2.35. The standard InChI is InChI=1S/C21H27N3O5/c1-3-29-19(25)15-10-7-11-24(12-15)13-16-17(20(26)28-2)18(23-21(27)22-16)14-8-5-4-6-9-14/h4-6,8-9,15,18H,3,7,10-13H2,1-2H3,(H2,22,23,27)/t15-,18+/m0/s1. The van der Waals surface area contributed by atoms with Gasteiger partial charge in [-0.05, 0) is 31.9 Å². The zero-order chi connectivity index (χ0) is 20.8. The average Bonchev–Trinajstić information content (AvgIpc) is 2.74. The molecule has 0 spiro atoms. The van der Waals surface area contributed by atoms with Crippen molar-refractivity contribution >= 4 is 18.0 Å². The third kappa shape index (κ3) is 4.95. The number of hydrogen-bond donors (Lipinski definition) is 2. The van der Waals surface area contributed by atoms with E-state index in [2.05, 4.69) is 15.5 Å². The van der Waals surface area contributed by atoms with Crippen molar-refractivity contribution in [3.63, 3.8) is 0 Å². The Bertz CT molecular complexity index is 793. The SMILES string of the molecule is CCOC(=O)[C@H]1CCCN(CC2=C(C(=O)OC)[C@@H](c3ccccc3)NC(=O)N2)C1. The molecule has 2 heterocycles. The fourth-order valence-corrected chi connectivity index (χ4v) is 3.86. The first-order valence-electron chi connectivity index (χ1n) is 9.86. The van der Waals surface area contributed by atoms with Crippen LogP contribution in [-0.2, 0) is 19.1 Å². The van der Waals surface area contributed by atoms with Gasteiger partial charge in [-0.15, -0.1) is 0 Å². The number of urea groups is 1. The Morgan fingerprint density at radius 3 is 2.69 bits per heavy atom. The van der Waals surface area contributed by atoms with Crippen LogP contribution in [0.5, 0.6) is 0 Å². The van der Waals surface area contributed by atoms with E-state index in [1.807, 2.05) is 30.3 Å². The molecule has 3 rings (SSSR count). The van der Waals surface area contributed by atoms with Gasteiger partial charge < -0.3 is 20.1 Å². The molecular weight excluding hydrogens is 374 g/mol. The highest BCUT2D eigenvalue weighted by atomic mass is 16.5. The summed E-state index contributed by atoms with van der Waals surface area (Å²) in [5.41, 5.74) is 1.67. The van der Waals surface area contributed by atoms with E-state index in [0.29, 0.717) is 31.0 Å². The van der Waals surface area contributed by atoms with Crippen molar-refractivity contribution in [1.29, 1.82) is 0 Å². The molecule has 8 nitrogen and oxygen atoms in total. The number of nitrogens with zero attached hydrogens (tertiary/aromatic N) is 1. The molecule has 0 aromatic heterocycles. The third-order valence-electron chi connectivity index (χ3n) is 5.20. The topological polar surface area (TPSA) is 97.0 Å². The summed E-state index contributed by atoms with van der Waals surface area (Å²) in [6.45, 7) is 3.79. The summed E-state index contributed by atoms with van der Waals surface area (Å²) in [4.78, 5) is 39.1. The minimum Gasteiger partial charge on any atom is -0.466 e. The summed E-state index contributed by atoms with van der Waals surface area (Å²) in [5.74, 6) is -0.899. The number of rotatable bonds is 6. The lowest BCUT2D eigenvalue weighted by Gasteiger charge is -2.35. The van der Waals surface area contributed by atoms with Crippen LogP contribution in [0.4, 0.5) is 4.79 Å². The van der Waals surface area contributed by atoms with Gasteiger partial charge in [0.05, 0.1) is 31.2 Å². The second-order valence-electron chi connectivity index (χ2n) is 7.15. The van der Waals surface area contributed by atoms with Crippen molar-refractivity contribution in [2.45, 2.75) is 25.8 Å². The summed E-state index contributed by atoms with van der Waals surface area (Å²) in [7, 11) is 1.32. The van der Waals surface area contributed by atoms with Gasteiger partial charge in [0.2, 0.25) is 0 Å². The Balaban J connectivity index is 1.87. The van der Waals surface area contributed by atoms with Crippen LogP contribution in [0.1, 0.15) is 31.4 Å². The zero-order valence-corrected chi connectivity index (χ0v) is 16.8. The van der Waals surface area contributed by atoms with Gasteiger partial charge in [-0.25, -0.2) is 9.59 Å². The molecule has 8 heteroatoms. The Hall–Kier alpha value is -2.87. The number of methoxy groups -OCH3 is 1. The van der Waals surface area contributed by atoms with E-state index in [4.69, 9.17) is 9.47 Å². The van der Waals surface area contributed by atoms with Crippen molar-refractivity contribution in [3.8, 4) is 0 Å². The van der Waals surface area contributed by atoms with Crippen molar-refractivity contribution in [2.75, 3.05) is 33.4 Å². The quantitative estimate of drug-likeness (QED) is 0.705. The normalized spacial score (nSPS) is 22.5. The second kappa shape index (κ2) is 9.56. The van der Waals surface area contributed by atoms with Crippen LogP contribution in [0.15, 0.2) is 41.6 Å². The molecule has 2 aliphatic heterocycles. The van der Waals surface area contributed by atoms with E-state index in [-0.39, 0.29) is 17.9 Å². The predicted molar refractivity (Wildman–Crippen MR) is 106 cm³/mol. The van der Waals surface area contributed by atoms with E-state index >= 15 is 0 Å². The number of ether oxygens (including phenoxy) is 2. The van der Waals surface area contributed by atoms with Gasteiger partial charge >= 0.3 is 18.0 Å². The molecule has 0 unspecified atom stereocenters. The van der Waals surface area contributed by atoms with Crippen molar-refractivity contribution in [1.82, 2.24) is 15.5 Å². The van der Waals surface area contributed by atoms with E-state index in [9.17, 15) is 14.4 Å². The maximum Gasteiger partial charge on any atom is 0.338 e. The van der Waals surface area contributed by atoms with E-state index < -0.39 is 12.0 Å². The van der Waals surface area contributed by atoms with Gasteiger partial charge in [0.15, 0.2) is 0 Å². The van der Waals surface area contributed by atoms with E-state index in [0.717, 1.165) is 24.9 Å². The molecule has 2 N–H and O–H groups in total. The minimum absolute atomic E-state index is 0.198. The summed E-state index contributed by atoms with van der Waals surface area (Å²) in [6, 6.07) is 8.32. The minimum atomic E-state index is -0.599. The van der Waals surface area contributed by atoms with Crippen LogP contribution < -0.4 is 10.6 Å². The van der Waals surface area contributed by atoms with Gasteiger partial charge in [-0.3, -0.25) is 9.69 Å². The molecule has 29 heavy (non-hydrogen) atoms. The van der Waals surface area contributed by atoms with Crippen molar-refractivity contribution < 1.29 is 23.9 Å². The van der Waals surface area contributed by atoms with Gasteiger partial charge in [0.25, 0.3) is 0 Å². The molecule has 1 fully saturated rings. The van der Waals surface area contributed by atoms with E-state index in [1.54, 1.807) is 6.92 Å². The molecule has 2 amide bonds. The molecule has 1 saturated heterocycles. The summed E-state index contributed by atoms with van der Waals surface area (Å²) < 4.78 is 10.2. The third-order valence-corrected chi connectivity index (χ3v) is 5.20. The maximum absolute atomic E-state index is 12.6. The fraction of sp³-hybridized carbons (Fsp3) is 0.476. The number of likely N-dealkylation sites (tertiary alicyclic amines) is 1. The molecule has 1 aromatic carbocycles. The smallest absolute Gasteiger partial charge is 0.338 e. The lowest BCUT2D eigenvalue weighted by molar-refractivity contribution is -0.150. The summed E-state index contributed by atoms with van der Waals surface area (Å²) in [6.07, 6.45) is 1.62. The van der Waals surface area contributed by atoms with Gasteiger partial charge in [-0.2, -0.15) is 0 Å². The number of amides is 2. The summed E-state index contributed by atoms with van der Waals surface area (Å²) >= 11 is 0. The largest absolute Gasteiger partial charge is 0.466 e. The number of esters is 2. The molecule has 1 aromatic rings. The average molecular weight is 401 g/mol. The number of carbonyl (C=O) groups is 3. The van der Waals surface area contributed by atoms with Crippen LogP contribution in [0.3, 0.4) is 0 Å². The van der Waals surface area contributed by atoms with Crippen LogP contribution in [0.25, 0.3) is 0 Å². The molecule has 156 valence electrons. The first-order valence-corrected chi connectivity index (χ1v) is 9.86. The molecule has 2 aliphatic rings. The fourth-order valence-electron chi connectivity index (χ4n) is 3.86. The van der Waals surface area contributed by atoms with Gasteiger partial charge in [0, 0.05) is 18.8 Å². The Kier molecular flexibility index (Phi) is 6.87. The Morgan fingerprint density at radius 2 is 2.00 bits per heavy atom. The highest BCUT2D eigenvalue weighted by molar-refractivity contribution is 5.95. The van der Waals surface area contributed by atoms with Crippen molar-refractivity contribution in [3.05, 3.63) is 47.2 Å². The van der Waals surface area contributed by atoms with Gasteiger partial charge in [-0.1, -0.05) is 30.3 Å². The van der Waals surface area contributed by atoms with Gasteiger partial charge in [0.1, 0.15) is 0 Å². The lowest BCUT2D eigenvalue weighted by Crippen LogP contribution is -2.49. The maximum atomic E-state index is 12.6.